The van der Waals surface area contributed by atoms with Crippen molar-refractivity contribution < 1.29 is 8.42 Å². The van der Waals surface area contributed by atoms with E-state index in [-0.39, 0.29) is 6.04 Å². The standard InChI is InChI=1S/C14H25N3O2S2/c1-12(11-14-5-3-10-20-14)16-21(18,19)17(2)9-4-8-15-13-6-7-13/h3,5,10,12-13,15-16H,4,6-9,11H2,1-2H3. The third-order valence-electron chi connectivity index (χ3n) is 3.51. The van der Waals surface area contributed by atoms with E-state index < -0.39 is 10.2 Å². The Morgan fingerprint density at radius 2 is 2.24 bits per heavy atom. The van der Waals surface area contributed by atoms with E-state index in [1.54, 1.807) is 18.4 Å². The molecule has 1 heterocycles. The summed E-state index contributed by atoms with van der Waals surface area (Å²) in [6.45, 7) is 3.33. The Morgan fingerprint density at radius 3 is 2.86 bits per heavy atom. The number of nitrogens with one attached hydrogen (secondary N) is 2. The van der Waals surface area contributed by atoms with Gasteiger partial charge >= 0.3 is 0 Å². The molecular weight excluding hydrogens is 306 g/mol. The zero-order valence-electron chi connectivity index (χ0n) is 12.7. The fraction of sp³-hybridized carbons (Fsp3) is 0.714. The molecule has 2 N–H and O–H groups in total. The molecule has 5 nitrogen and oxygen atoms in total. The molecule has 0 aromatic carbocycles. The molecule has 2 rings (SSSR count). The molecule has 1 aromatic rings. The molecule has 1 aromatic heterocycles. The van der Waals surface area contributed by atoms with Gasteiger partial charge in [-0.3, -0.25) is 0 Å². The Kier molecular flexibility index (Phi) is 6.19. The van der Waals surface area contributed by atoms with E-state index in [1.807, 2.05) is 24.4 Å². The third-order valence-corrected chi connectivity index (χ3v) is 6.11. The molecule has 0 aliphatic heterocycles. The summed E-state index contributed by atoms with van der Waals surface area (Å²) in [6.07, 6.45) is 4.09. The minimum absolute atomic E-state index is 0.0966. The van der Waals surface area contributed by atoms with E-state index in [9.17, 15) is 8.42 Å². The molecule has 1 saturated carbocycles. The van der Waals surface area contributed by atoms with Crippen LogP contribution >= 0.6 is 11.3 Å². The largest absolute Gasteiger partial charge is 0.314 e. The molecule has 1 atom stereocenters. The zero-order valence-corrected chi connectivity index (χ0v) is 14.3. The zero-order chi connectivity index (χ0) is 15.3. The maximum atomic E-state index is 12.2. The molecule has 0 amide bonds. The van der Waals surface area contributed by atoms with Crippen molar-refractivity contribution >= 4 is 21.5 Å². The highest BCUT2D eigenvalue weighted by Crippen LogP contribution is 2.18. The first-order chi connectivity index (χ1) is 9.97. The van der Waals surface area contributed by atoms with Gasteiger partial charge in [0, 0.05) is 30.6 Å². The lowest BCUT2D eigenvalue weighted by Gasteiger charge is -2.21. The van der Waals surface area contributed by atoms with Gasteiger partial charge in [0.2, 0.25) is 0 Å². The molecule has 0 saturated heterocycles. The molecule has 21 heavy (non-hydrogen) atoms. The van der Waals surface area contributed by atoms with Gasteiger partial charge in [-0.15, -0.1) is 11.3 Å². The van der Waals surface area contributed by atoms with Gasteiger partial charge in [-0.25, -0.2) is 0 Å². The Bertz CT molecular complexity index is 512. The van der Waals surface area contributed by atoms with Crippen molar-refractivity contribution in [2.45, 2.75) is 44.7 Å². The third kappa shape index (κ3) is 6.04. The minimum Gasteiger partial charge on any atom is -0.314 e. The second kappa shape index (κ2) is 7.69. The predicted octanol–water partition coefficient (Wildman–Crippen LogP) is 1.59. The van der Waals surface area contributed by atoms with Crippen LogP contribution in [0.2, 0.25) is 0 Å². The summed E-state index contributed by atoms with van der Waals surface area (Å²) in [5, 5.41) is 5.40. The van der Waals surface area contributed by atoms with Gasteiger partial charge in [-0.1, -0.05) is 6.07 Å². The lowest BCUT2D eigenvalue weighted by atomic mass is 10.2. The molecule has 1 unspecified atom stereocenters. The number of rotatable bonds is 10. The van der Waals surface area contributed by atoms with Crippen LogP contribution in [0.1, 0.15) is 31.1 Å². The van der Waals surface area contributed by atoms with Crippen LogP contribution in [-0.4, -0.2) is 44.9 Å². The van der Waals surface area contributed by atoms with Gasteiger partial charge in [0.25, 0.3) is 10.2 Å². The van der Waals surface area contributed by atoms with E-state index in [4.69, 9.17) is 0 Å². The quantitative estimate of drug-likeness (QED) is 0.640. The molecular formula is C14H25N3O2S2. The van der Waals surface area contributed by atoms with E-state index in [1.165, 1.54) is 22.0 Å². The maximum Gasteiger partial charge on any atom is 0.279 e. The van der Waals surface area contributed by atoms with Crippen LogP contribution in [0.5, 0.6) is 0 Å². The van der Waals surface area contributed by atoms with Crippen molar-refractivity contribution in [3.8, 4) is 0 Å². The normalized spacial score (nSPS) is 17.3. The SMILES string of the molecule is CC(Cc1cccs1)NS(=O)(=O)N(C)CCCNC1CC1. The predicted molar refractivity (Wildman–Crippen MR) is 87.8 cm³/mol. The van der Waals surface area contributed by atoms with Crippen LogP contribution in [0.3, 0.4) is 0 Å². The van der Waals surface area contributed by atoms with Crippen LogP contribution in [0.4, 0.5) is 0 Å². The highest BCUT2D eigenvalue weighted by atomic mass is 32.2. The maximum absolute atomic E-state index is 12.2. The first-order valence-electron chi connectivity index (χ1n) is 7.47. The molecule has 1 fully saturated rings. The fourth-order valence-corrected chi connectivity index (χ4v) is 4.11. The van der Waals surface area contributed by atoms with E-state index in [0.717, 1.165) is 19.4 Å². The van der Waals surface area contributed by atoms with Gasteiger partial charge in [0.1, 0.15) is 0 Å². The van der Waals surface area contributed by atoms with Crippen molar-refractivity contribution in [3.63, 3.8) is 0 Å². The Morgan fingerprint density at radius 1 is 1.48 bits per heavy atom. The second-order valence-electron chi connectivity index (χ2n) is 5.71. The summed E-state index contributed by atoms with van der Waals surface area (Å²) >= 11 is 1.65. The fourth-order valence-electron chi connectivity index (χ4n) is 2.13. The molecule has 0 bridgehead atoms. The van der Waals surface area contributed by atoms with Gasteiger partial charge in [-0.2, -0.15) is 17.4 Å². The summed E-state index contributed by atoms with van der Waals surface area (Å²) < 4.78 is 28.6. The molecule has 120 valence electrons. The Balaban J connectivity index is 1.70. The van der Waals surface area contributed by atoms with Crippen molar-refractivity contribution in [2.24, 2.45) is 0 Å². The Hall–Kier alpha value is -0.470. The van der Waals surface area contributed by atoms with Crippen molar-refractivity contribution in [1.82, 2.24) is 14.3 Å². The average molecular weight is 332 g/mol. The number of nitrogens with zero attached hydrogens (tertiary/aromatic N) is 1. The summed E-state index contributed by atoms with van der Waals surface area (Å²) in [4.78, 5) is 1.20. The summed E-state index contributed by atoms with van der Waals surface area (Å²) in [5.41, 5.74) is 0. The number of hydrogen-bond donors (Lipinski definition) is 2. The van der Waals surface area contributed by atoms with E-state index in [0.29, 0.717) is 12.6 Å². The monoisotopic (exact) mass is 331 g/mol. The summed E-state index contributed by atoms with van der Waals surface area (Å²) in [6, 6.07) is 4.60. The Labute approximate surface area is 131 Å². The first kappa shape index (κ1) is 16.9. The van der Waals surface area contributed by atoms with Crippen LogP contribution in [0.15, 0.2) is 17.5 Å². The van der Waals surface area contributed by atoms with Crippen molar-refractivity contribution in [1.29, 1.82) is 0 Å². The van der Waals surface area contributed by atoms with Crippen LogP contribution in [0, 0.1) is 0 Å². The van der Waals surface area contributed by atoms with Crippen LogP contribution < -0.4 is 10.0 Å². The molecule has 1 aliphatic rings. The summed E-state index contributed by atoms with van der Waals surface area (Å²) in [7, 11) is -1.75. The highest BCUT2D eigenvalue weighted by molar-refractivity contribution is 7.87. The van der Waals surface area contributed by atoms with Gasteiger partial charge < -0.3 is 5.32 Å². The molecule has 0 radical (unpaired) electrons. The van der Waals surface area contributed by atoms with Crippen LogP contribution in [-0.2, 0) is 16.6 Å². The lowest BCUT2D eigenvalue weighted by molar-refractivity contribution is 0.437. The topological polar surface area (TPSA) is 61.4 Å². The lowest BCUT2D eigenvalue weighted by Crippen LogP contribution is -2.44. The van der Waals surface area contributed by atoms with Gasteiger partial charge in [0.15, 0.2) is 0 Å². The van der Waals surface area contributed by atoms with E-state index >= 15 is 0 Å². The second-order valence-corrected chi connectivity index (χ2v) is 8.55. The smallest absolute Gasteiger partial charge is 0.279 e. The van der Waals surface area contributed by atoms with Crippen LogP contribution in [0.25, 0.3) is 0 Å². The minimum atomic E-state index is -3.39. The first-order valence-corrected chi connectivity index (χ1v) is 9.78. The molecule has 7 heteroatoms. The highest BCUT2D eigenvalue weighted by Gasteiger charge is 2.22. The molecule has 0 spiro atoms. The molecule has 1 aliphatic carbocycles. The van der Waals surface area contributed by atoms with E-state index in [2.05, 4.69) is 10.0 Å². The van der Waals surface area contributed by atoms with Crippen molar-refractivity contribution in [2.75, 3.05) is 20.1 Å². The summed E-state index contributed by atoms with van der Waals surface area (Å²) in [5.74, 6) is 0. The van der Waals surface area contributed by atoms with Gasteiger partial charge in [-0.05, 0) is 50.6 Å². The number of hydrogen-bond acceptors (Lipinski definition) is 4. The number of thiophene rings is 1. The van der Waals surface area contributed by atoms with Gasteiger partial charge in [0.05, 0.1) is 0 Å². The van der Waals surface area contributed by atoms with Crippen molar-refractivity contribution in [3.05, 3.63) is 22.4 Å². The average Bonchev–Trinajstić information content (AvgIpc) is 3.10.